The van der Waals surface area contributed by atoms with Crippen molar-refractivity contribution >= 4 is 5.91 Å². The molecule has 100 valence electrons. The van der Waals surface area contributed by atoms with Crippen LogP contribution in [0, 0.1) is 11.3 Å². The predicted molar refractivity (Wildman–Crippen MR) is 66.7 cm³/mol. The summed E-state index contributed by atoms with van der Waals surface area (Å²) in [5.74, 6) is 0.508. The molecule has 0 radical (unpaired) electrons. The van der Waals surface area contributed by atoms with Gasteiger partial charge in [-0.15, -0.1) is 0 Å². The van der Waals surface area contributed by atoms with Gasteiger partial charge in [0.05, 0.1) is 5.41 Å². The lowest BCUT2D eigenvalue weighted by molar-refractivity contribution is -0.137. The van der Waals surface area contributed by atoms with Crippen molar-refractivity contribution in [1.82, 2.24) is 5.32 Å². The number of aliphatic hydroxyl groups is 1. The van der Waals surface area contributed by atoms with Crippen molar-refractivity contribution in [3.63, 3.8) is 0 Å². The molecule has 0 aromatic heterocycles. The second kappa shape index (κ2) is 6.97. The second-order valence-corrected chi connectivity index (χ2v) is 5.20. The number of methoxy groups -OCH3 is 1. The van der Waals surface area contributed by atoms with Gasteiger partial charge in [0.25, 0.3) is 0 Å². The fourth-order valence-electron chi connectivity index (χ4n) is 2.27. The molecule has 1 unspecified atom stereocenters. The van der Waals surface area contributed by atoms with E-state index in [1.807, 2.05) is 6.92 Å². The number of carbonyl (C=O) groups is 1. The summed E-state index contributed by atoms with van der Waals surface area (Å²) in [5.41, 5.74) is -0.172. The van der Waals surface area contributed by atoms with Crippen LogP contribution in [0.15, 0.2) is 0 Å². The maximum atomic E-state index is 12.1. The highest BCUT2D eigenvalue weighted by atomic mass is 16.5. The van der Waals surface area contributed by atoms with Gasteiger partial charge in [-0.2, -0.15) is 0 Å². The number of ether oxygens (including phenoxy) is 1. The molecule has 1 atom stereocenters. The van der Waals surface area contributed by atoms with E-state index in [-0.39, 0.29) is 17.9 Å². The summed E-state index contributed by atoms with van der Waals surface area (Å²) >= 11 is 0. The Hall–Kier alpha value is -0.610. The lowest BCUT2D eigenvalue weighted by atomic mass is 9.66. The number of aliphatic hydroxyl groups excluding tert-OH is 1. The third-order valence-corrected chi connectivity index (χ3v) is 3.81. The predicted octanol–water partition coefficient (Wildman–Crippen LogP) is 1.33. The second-order valence-electron chi connectivity index (χ2n) is 5.20. The topological polar surface area (TPSA) is 58.6 Å². The highest BCUT2D eigenvalue weighted by molar-refractivity contribution is 5.83. The van der Waals surface area contributed by atoms with Gasteiger partial charge in [0.15, 0.2) is 0 Å². The molecule has 0 heterocycles. The summed E-state index contributed by atoms with van der Waals surface area (Å²) < 4.78 is 5.07. The molecule has 0 aromatic rings. The largest absolute Gasteiger partial charge is 0.396 e. The monoisotopic (exact) mass is 243 g/mol. The van der Waals surface area contributed by atoms with Crippen molar-refractivity contribution in [1.29, 1.82) is 0 Å². The van der Waals surface area contributed by atoms with Crippen molar-refractivity contribution in [2.24, 2.45) is 11.3 Å². The van der Waals surface area contributed by atoms with E-state index in [1.54, 1.807) is 7.11 Å². The molecule has 1 aliphatic carbocycles. The number of amides is 1. The number of hydrogen-bond acceptors (Lipinski definition) is 3. The average Bonchev–Trinajstić information content (AvgIpc) is 2.25. The zero-order valence-corrected chi connectivity index (χ0v) is 11.0. The molecular weight excluding hydrogens is 218 g/mol. The fraction of sp³-hybridized carbons (Fsp3) is 0.923. The molecule has 1 fully saturated rings. The molecule has 17 heavy (non-hydrogen) atoms. The summed E-state index contributed by atoms with van der Waals surface area (Å²) in [4.78, 5) is 12.1. The molecule has 4 heteroatoms. The summed E-state index contributed by atoms with van der Waals surface area (Å²) in [6.07, 6.45) is 4.67. The minimum atomic E-state index is -0.172. The zero-order valence-electron chi connectivity index (χ0n) is 11.0. The highest BCUT2D eigenvalue weighted by Crippen LogP contribution is 2.44. The van der Waals surface area contributed by atoms with Crippen molar-refractivity contribution in [3.05, 3.63) is 0 Å². The molecule has 0 bridgehead atoms. The van der Waals surface area contributed by atoms with Gasteiger partial charge >= 0.3 is 0 Å². The van der Waals surface area contributed by atoms with Gasteiger partial charge in [-0.3, -0.25) is 4.79 Å². The Kier molecular flexibility index (Phi) is 5.92. The Bertz CT molecular complexity index is 239. The van der Waals surface area contributed by atoms with Gasteiger partial charge in [-0.05, 0) is 31.6 Å². The summed E-state index contributed by atoms with van der Waals surface area (Å²) in [5, 5.41) is 11.8. The van der Waals surface area contributed by atoms with Gasteiger partial charge in [-0.25, -0.2) is 0 Å². The molecule has 1 saturated carbocycles. The van der Waals surface area contributed by atoms with Crippen LogP contribution >= 0.6 is 0 Å². The van der Waals surface area contributed by atoms with Crippen molar-refractivity contribution < 1.29 is 14.6 Å². The summed E-state index contributed by atoms with van der Waals surface area (Å²) in [6, 6.07) is 0. The van der Waals surface area contributed by atoms with Crippen LogP contribution in [0.5, 0.6) is 0 Å². The van der Waals surface area contributed by atoms with E-state index in [0.717, 1.165) is 32.1 Å². The SMILES string of the molecule is COCCC1(C(=O)NCC(C)CCO)CCC1. The molecule has 1 rings (SSSR count). The Balaban J connectivity index is 2.34. The molecular formula is C13H25NO3. The van der Waals surface area contributed by atoms with E-state index in [4.69, 9.17) is 9.84 Å². The van der Waals surface area contributed by atoms with Crippen LogP contribution in [-0.4, -0.2) is 37.9 Å². The third kappa shape index (κ3) is 3.96. The first-order valence-electron chi connectivity index (χ1n) is 6.53. The van der Waals surface area contributed by atoms with Gasteiger partial charge in [-0.1, -0.05) is 13.3 Å². The summed E-state index contributed by atoms with van der Waals surface area (Å²) in [7, 11) is 1.67. The first-order chi connectivity index (χ1) is 8.14. The minimum absolute atomic E-state index is 0.172. The molecule has 0 spiro atoms. The fourth-order valence-corrected chi connectivity index (χ4v) is 2.27. The van der Waals surface area contributed by atoms with Crippen LogP contribution in [0.25, 0.3) is 0 Å². The molecule has 0 aromatic carbocycles. The van der Waals surface area contributed by atoms with Crippen LogP contribution in [0.4, 0.5) is 0 Å². The Morgan fingerprint density at radius 2 is 2.24 bits per heavy atom. The zero-order chi connectivity index (χ0) is 12.7. The van der Waals surface area contributed by atoms with Crippen LogP contribution in [0.2, 0.25) is 0 Å². The average molecular weight is 243 g/mol. The number of hydrogen-bond donors (Lipinski definition) is 2. The van der Waals surface area contributed by atoms with Gasteiger partial charge in [0.2, 0.25) is 5.91 Å². The quantitative estimate of drug-likeness (QED) is 0.676. The lowest BCUT2D eigenvalue weighted by Gasteiger charge is -2.40. The van der Waals surface area contributed by atoms with E-state index in [2.05, 4.69) is 5.32 Å². The van der Waals surface area contributed by atoms with Crippen LogP contribution in [0.3, 0.4) is 0 Å². The van der Waals surface area contributed by atoms with Crippen molar-refractivity contribution in [2.75, 3.05) is 26.9 Å². The van der Waals surface area contributed by atoms with E-state index in [1.165, 1.54) is 0 Å². The van der Waals surface area contributed by atoms with E-state index in [0.29, 0.717) is 19.1 Å². The standard InChI is InChI=1S/C13H25NO3/c1-11(4-8-15)10-14-12(16)13(5-3-6-13)7-9-17-2/h11,15H,3-10H2,1-2H3,(H,14,16). The van der Waals surface area contributed by atoms with Crippen LogP contribution < -0.4 is 5.32 Å². The minimum Gasteiger partial charge on any atom is -0.396 e. The Labute approximate surface area is 104 Å². The molecule has 1 amide bonds. The number of nitrogens with one attached hydrogen (secondary N) is 1. The van der Waals surface area contributed by atoms with Gasteiger partial charge in [0, 0.05) is 26.9 Å². The molecule has 4 nitrogen and oxygen atoms in total. The molecule has 1 aliphatic rings. The van der Waals surface area contributed by atoms with Gasteiger partial charge < -0.3 is 15.2 Å². The lowest BCUT2D eigenvalue weighted by Crippen LogP contribution is -2.47. The number of carbonyl (C=O) groups excluding carboxylic acids is 1. The van der Waals surface area contributed by atoms with Crippen molar-refractivity contribution in [3.8, 4) is 0 Å². The maximum absolute atomic E-state index is 12.1. The van der Waals surface area contributed by atoms with Crippen molar-refractivity contribution in [2.45, 2.75) is 39.0 Å². The maximum Gasteiger partial charge on any atom is 0.226 e. The first-order valence-corrected chi connectivity index (χ1v) is 6.53. The molecule has 2 N–H and O–H groups in total. The molecule has 0 saturated heterocycles. The Morgan fingerprint density at radius 3 is 2.71 bits per heavy atom. The van der Waals surface area contributed by atoms with E-state index >= 15 is 0 Å². The number of rotatable bonds is 8. The normalized spacial score (nSPS) is 19.5. The molecule has 0 aliphatic heterocycles. The third-order valence-electron chi connectivity index (χ3n) is 3.81. The van der Waals surface area contributed by atoms with Gasteiger partial charge in [0.1, 0.15) is 0 Å². The Morgan fingerprint density at radius 1 is 1.53 bits per heavy atom. The smallest absolute Gasteiger partial charge is 0.226 e. The van der Waals surface area contributed by atoms with E-state index in [9.17, 15) is 4.79 Å². The summed E-state index contributed by atoms with van der Waals surface area (Å²) in [6.45, 7) is 3.54. The van der Waals surface area contributed by atoms with Crippen LogP contribution in [-0.2, 0) is 9.53 Å². The van der Waals surface area contributed by atoms with E-state index < -0.39 is 0 Å². The highest BCUT2D eigenvalue weighted by Gasteiger charge is 2.43. The first kappa shape index (κ1) is 14.5. The van der Waals surface area contributed by atoms with Crippen LogP contribution in [0.1, 0.15) is 39.0 Å².